The molecule has 2 aromatic carbocycles. The van der Waals surface area contributed by atoms with E-state index in [0.29, 0.717) is 17.1 Å². The molecule has 176 valence electrons. The number of ether oxygens (including phenoxy) is 3. The van der Waals surface area contributed by atoms with Gasteiger partial charge in [-0.1, -0.05) is 6.07 Å². The van der Waals surface area contributed by atoms with Crippen molar-refractivity contribution < 1.29 is 31.0 Å². The summed E-state index contributed by atoms with van der Waals surface area (Å²) < 4.78 is 70.7. The van der Waals surface area contributed by atoms with Crippen molar-refractivity contribution in [2.45, 2.75) is 15.0 Å². The summed E-state index contributed by atoms with van der Waals surface area (Å²) in [7, 11) is -3.85. The molecule has 9 nitrogen and oxygen atoms in total. The molecule has 3 aromatic rings. The number of sulfonamides is 1. The van der Waals surface area contributed by atoms with E-state index < -0.39 is 31.7 Å². The van der Waals surface area contributed by atoms with Crippen molar-refractivity contribution in [3.63, 3.8) is 0 Å². The third-order valence-corrected chi connectivity index (χ3v) is 8.52. The highest BCUT2D eigenvalue weighted by Gasteiger charge is 2.32. The Hall–Kier alpha value is -3.15. The molecule has 0 spiro atoms. The van der Waals surface area contributed by atoms with Gasteiger partial charge in [-0.15, -0.1) is 0 Å². The summed E-state index contributed by atoms with van der Waals surface area (Å²) in [6.45, 7) is -0.419. The first kappa shape index (κ1) is 24.5. The molecule has 0 aliphatic heterocycles. The first-order chi connectivity index (χ1) is 15.7. The van der Waals surface area contributed by atoms with Crippen LogP contribution in [0.5, 0.6) is 17.2 Å². The number of nitrogens with one attached hydrogen (secondary N) is 1. The van der Waals surface area contributed by atoms with Crippen LogP contribution in [0.15, 0.2) is 76.8 Å². The lowest BCUT2D eigenvalue weighted by atomic mass is 10.2. The standard InChI is InChI=1S/C22H24N2O7S2/c1-29-17-6-9-19(10-7-17)32(25,26)22(16-5-4-12-23-14-16)15-24-33(27,28)21-11-8-18(30-2)13-20(21)31-3/h4-14,22,24H,15H2,1-3H3/t22-/m1/s1. The summed E-state index contributed by atoms with van der Waals surface area (Å²) in [6, 6.07) is 13.3. The lowest BCUT2D eigenvalue weighted by Crippen LogP contribution is -2.32. The molecule has 3 rings (SSSR count). The second-order valence-corrected chi connectivity index (χ2v) is 10.7. The van der Waals surface area contributed by atoms with Crippen molar-refractivity contribution in [2.75, 3.05) is 27.9 Å². The van der Waals surface area contributed by atoms with Crippen molar-refractivity contribution in [1.29, 1.82) is 0 Å². The first-order valence-corrected chi connectivity index (χ1v) is 12.8. The van der Waals surface area contributed by atoms with Crippen LogP contribution in [0.1, 0.15) is 10.8 Å². The number of benzene rings is 2. The van der Waals surface area contributed by atoms with Crippen LogP contribution in [0.2, 0.25) is 0 Å². The molecular formula is C22H24N2O7S2. The van der Waals surface area contributed by atoms with Gasteiger partial charge in [-0.3, -0.25) is 4.98 Å². The maximum Gasteiger partial charge on any atom is 0.244 e. The molecule has 1 aromatic heterocycles. The summed E-state index contributed by atoms with van der Waals surface area (Å²) in [6.07, 6.45) is 2.90. The maximum atomic E-state index is 13.4. The predicted molar refractivity (Wildman–Crippen MR) is 122 cm³/mol. The van der Waals surface area contributed by atoms with E-state index in [4.69, 9.17) is 14.2 Å². The van der Waals surface area contributed by atoms with E-state index >= 15 is 0 Å². The van der Waals surface area contributed by atoms with Gasteiger partial charge >= 0.3 is 0 Å². The topological polar surface area (TPSA) is 121 Å². The number of sulfone groups is 1. The Labute approximate surface area is 193 Å². The summed E-state index contributed by atoms with van der Waals surface area (Å²) in [5.41, 5.74) is 0.345. The Kier molecular flexibility index (Phi) is 7.57. The van der Waals surface area contributed by atoms with Crippen LogP contribution in [-0.4, -0.2) is 49.7 Å². The van der Waals surface area contributed by atoms with Crippen LogP contribution in [0, 0.1) is 0 Å². The minimum absolute atomic E-state index is 0.0263. The number of hydrogen-bond donors (Lipinski definition) is 1. The molecule has 0 aliphatic rings. The van der Waals surface area contributed by atoms with Gasteiger partial charge in [0.15, 0.2) is 9.84 Å². The van der Waals surface area contributed by atoms with Crippen molar-refractivity contribution in [3.05, 3.63) is 72.6 Å². The molecule has 1 atom stereocenters. The molecule has 11 heteroatoms. The van der Waals surface area contributed by atoms with Gasteiger partial charge in [0.05, 0.1) is 26.2 Å². The molecule has 0 saturated carbocycles. The maximum absolute atomic E-state index is 13.4. The number of pyridine rings is 1. The highest BCUT2D eigenvalue weighted by Crippen LogP contribution is 2.31. The molecule has 0 aliphatic carbocycles. The third-order valence-electron chi connectivity index (χ3n) is 4.94. The van der Waals surface area contributed by atoms with Crippen molar-refractivity contribution in [1.82, 2.24) is 9.71 Å². The van der Waals surface area contributed by atoms with Gasteiger partial charge < -0.3 is 14.2 Å². The Morgan fingerprint density at radius 3 is 2.12 bits per heavy atom. The van der Waals surface area contributed by atoms with Crippen LogP contribution < -0.4 is 18.9 Å². The van der Waals surface area contributed by atoms with Crippen LogP contribution in [0.4, 0.5) is 0 Å². The zero-order valence-corrected chi connectivity index (χ0v) is 19.9. The number of aromatic nitrogens is 1. The van der Waals surface area contributed by atoms with Crippen LogP contribution in [0.3, 0.4) is 0 Å². The highest BCUT2D eigenvalue weighted by atomic mass is 32.2. The van der Waals surface area contributed by atoms with Crippen molar-refractivity contribution in [2.24, 2.45) is 0 Å². The fourth-order valence-corrected chi connectivity index (χ4v) is 6.11. The minimum Gasteiger partial charge on any atom is -0.497 e. The molecule has 0 saturated heterocycles. The van der Waals surface area contributed by atoms with Crippen LogP contribution in [-0.2, 0) is 19.9 Å². The number of hydrogen-bond acceptors (Lipinski definition) is 8. The van der Waals surface area contributed by atoms with Gasteiger partial charge in [-0.2, -0.15) is 0 Å². The fourth-order valence-electron chi connectivity index (χ4n) is 3.16. The Balaban J connectivity index is 1.97. The summed E-state index contributed by atoms with van der Waals surface area (Å²) >= 11 is 0. The molecule has 0 bridgehead atoms. The molecular weight excluding hydrogens is 468 g/mol. The van der Waals surface area contributed by atoms with Gasteiger partial charge in [0.2, 0.25) is 10.0 Å². The molecule has 33 heavy (non-hydrogen) atoms. The second kappa shape index (κ2) is 10.2. The molecule has 1 heterocycles. The smallest absolute Gasteiger partial charge is 0.244 e. The number of methoxy groups -OCH3 is 3. The fraction of sp³-hybridized carbons (Fsp3) is 0.227. The second-order valence-electron chi connectivity index (χ2n) is 6.86. The summed E-state index contributed by atoms with van der Waals surface area (Å²) in [4.78, 5) is 3.88. The van der Waals surface area contributed by atoms with Crippen molar-refractivity contribution >= 4 is 19.9 Å². The SMILES string of the molecule is COc1ccc(S(=O)(=O)[C@H](CNS(=O)(=O)c2ccc(OC)cc2OC)c2cccnc2)cc1. The van der Waals surface area contributed by atoms with Gasteiger partial charge in [-0.05, 0) is 48.0 Å². The first-order valence-electron chi connectivity index (χ1n) is 9.72. The average molecular weight is 493 g/mol. The van der Waals surface area contributed by atoms with E-state index in [1.807, 2.05) is 0 Å². The van der Waals surface area contributed by atoms with E-state index in [9.17, 15) is 16.8 Å². The van der Waals surface area contributed by atoms with E-state index in [1.54, 1.807) is 12.1 Å². The number of rotatable bonds is 10. The minimum atomic E-state index is -4.12. The predicted octanol–water partition coefficient (Wildman–Crippen LogP) is 2.60. The Bertz CT molecular complexity index is 1290. The highest BCUT2D eigenvalue weighted by molar-refractivity contribution is 7.92. The summed E-state index contributed by atoms with van der Waals surface area (Å²) in [5.74, 6) is 0.984. The third kappa shape index (κ3) is 5.44. The van der Waals surface area contributed by atoms with Gasteiger partial charge in [-0.25, -0.2) is 21.6 Å². The molecule has 0 radical (unpaired) electrons. The van der Waals surface area contributed by atoms with E-state index in [0.717, 1.165) is 0 Å². The monoisotopic (exact) mass is 492 g/mol. The molecule has 0 amide bonds. The molecule has 1 N–H and O–H groups in total. The van der Waals surface area contributed by atoms with E-state index in [-0.39, 0.29) is 15.5 Å². The molecule has 0 fully saturated rings. The lowest BCUT2D eigenvalue weighted by molar-refractivity contribution is 0.386. The largest absolute Gasteiger partial charge is 0.497 e. The average Bonchev–Trinajstić information content (AvgIpc) is 2.84. The van der Waals surface area contributed by atoms with E-state index in [1.165, 1.54) is 76.2 Å². The van der Waals surface area contributed by atoms with Crippen LogP contribution in [0.25, 0.3) is 0 Å². The summed E-state index contributed by atoms with van der Waals surface area (Å²) in [5, 5.41) is -1.22. The lowest BCUT2D eigenvalue weighted by Gasteiger charge is -2.19. The zero-order valence-electron chi connectivity index (χ0n) is 18.3. The van der Waals surface area contributed by atoms with Gasteiger partial charge in [0.25, 0.3) is 0 Å². The number of nitrogens with zero attached hydrogens (tertiary/aromatic N) is 1. The van der Waals surface area contributed by atoms with Gasteiger partial charge in [0, 0.05) is 25.0 Å². The quantitative estimate of drug-likeness (QED) is 0.458. The molecule has 0 unspecified atom stereocenters. The van der Waals surface area contributed by atoms with Gasteiger partial charge in [0.1, 0.15) is 27.4 Å². The van der Waals surface area contributed by atoms with E-state index in [2.05, 4.69) is 9.71 Å². The van der Waals surface area contributed by atoms with Crippen LogP contribution >= 0.6 is 0 Å². The zero-order chi connectivity index (χ0) is 24.1. The normalized spacial score (nSPS) is 12.7. The Morgan fingerprint density at radius 2 is 1.55 bits per heavy atom. The van der Waals surface area contributed by atoms with Crippen molar-refractivity contribution in [3.8, 4) is 17.2 Å². The Morgan fingerprint density at radius 1 is 0.879 bits per heavy atom.